The molecule has 0 aliphatic heterocycles. The van der Waals surface area contributed by atoms with Crippen LogP contribution in [0.5, 0.6) is 0 Å². The number of carbonyl (C=O) groups is 2. The van der Waals surface area contributed by atoms with Gasteiger partial charge < -0.3 is 9.59 Å². The second-order valence-electron chi connectivity index (χ2n) is 2.76. The fourth-order valence-corrected chi connectivity index (χ4v) is 1.17. The maximum absolute atomic E-state index is 10.7. The lowest BCUT2D eigenvalue weighted by Gasteiger charge is -2.07. The van der Waals surface area contributed by atoms with Crippen molar-refractivity contribution in [3.8, 4) is 0 Å². The third-order valence-electron chi connectivity index (χ3n) is 1.88. The van der Waals surface area contributed by atoms with Crippen LogP contribution in [-0.2, 0) is 9.59 Å². The molecule has 2 heteroatoms. The van der Waals surface area contributed by atoms with Gasteiger partial charge in [0, 0.05) is 12.3 Å². The molecule has 1 atom stereocenters. The van der Waals surface area contributed by atoms with Crippen molar-refractivity contribution < 1.29 is 9.59 Å². The highest BCUT2D eigenvalue weighted by atomic mass is 16.1. The van der Waals surface area contributed by atoms with Crippen LogP contribution in [0.4, 0.5) is 0 Å². The molecule has 0 N–H and O–H groups in total. The molecule has 1 rings (SSSR count). The van der Waals surface area contributed by atoms with E-state index in [1.807, 2.05) is 30.3 Å². The standard InChI is InChI=1S/C11H11O2/c12-8-4-7-11(9-13)10-5-2-1-3-6-10/h1-6,8-9,11H,7H2. The van der Waals surface area contributed by atoms with E-state index in [2.05, 4.69) is 0 Å². The van der Waals surface area contributed by atoms with Crippen molar-refractivity contribution in [3.63, 3.8) is 0 Å². The van der Waals surface area contributed by atoms with E-state index < -0.39 is 0 Å². The zero-order valence-electron chi connectivity index (χ0n) is 7.22. The Bertz CT molecular complexity index is 267. The molecular weight excluding hydrogens is 164 g/mol. The zero-order valence-corrected chi connectivity index (χ0v) is 7.22. The molecule has 0 saturated carbocycles. The first kappa shape index (κ1) is 9.65. The average Bonchev–Trinajstić information content (AvgIpc) is 2.21. The molecule has 0 aromatic heterocycles. The Morgan fingerprint density at radius 3 is 2.38 bits per heavy atom. The molecule has 0 aliphatic rings. The quantitative estimate of drug-likeness (QED) is 0.639. The molecule has 0 heterocycles. The monoisotopic (exact) mass is 175 g/mol. The summed E-state index contributed by atoms with van der Waals surface area (Å²) in [6, 6.07) is 9.43. The molecule has 0 aliphatic carbocycles. The minimum atomic E-state index is -0.189. The molecule has 1 unspecified atom stereocenters. The van der Waals surface area contributed by atoms with Crippen LogP contribution in [0.1, 0.15) is 17.9 Å². The molecule has 0 amide bonds. The average molecular weight is 175 g/mol. The number of hydrogen-bond acceptors (Lipinski definition) is 2. The van der Waals surface area contributed by atoms with Gasteiger partial charge >= 0.3 is 0 Å². The molecule has 2 nitrogen and oxygen atoms in total. The largest absolute Gasteiger partial charge is 0.303 e. The van der Waals surface area contributed by atoms with E-state index >= 15 is 0 Å². The maximum atomic E-state index is 10.7. The molecule has 67 valence electrons. The Hall–Kier alpha value is -1.44. The third kappa shape index (κ3) is 2.82. The molecule has 0 bridgehead atoms. The smallest absolute Gasteiger partial charge is 0.127 e. The van der Waals surface area contributed by atoms with E-state index in [0.717, 1.165) is 18.1 Å². The summed E-state index contributed by atoms with van der Waals surface area (Å²) in [5.41, 5.74) is 0.954. The van der Waals surface area contributed by atoms with Gasteiger partial charge in [-0.15, -0.1) is 0 Å². The predicted molar refractivity (Wildman–Crippen MR) is 50.2 cm³/mol. The lowest BCUT2D eigenvalue weighted by molar-refractivity contribution is -0.109. The number of hydrogen-bond donors (Lipinski definition) is 0. The first-order valence-corrected chi connectivity index (χ1v) is 4.15. The van der Waals surface area contributed by atoms with Crippen molar-refractivity contribution >= 4 is 12.6 Å². The van der Waals surface area contributed by atoms with E-state index in [1.165, 1.54) is 6.42 Å². The maximum Gasteiger partial charge on any atom is 0.127 e. The van der Waals surface area contributed by atoms with Gasteiger partial charge in [-0.05, 0) is 12.0 Å². The Balaban J connectivity index is 2.66. The fourth-order valence-electron chi connectivity index (χ4n) is 1.17. The summed E-state index contributed by atoms with van der Waals surface area (Å²) < 4.78 is 0. The van der Waals surface area contributed by atoms with Crippen molar-refractivity contribution in [1.82, 2.24) is 0 Å². The van der Waals surface area contributed by atoms with Crippen LogP contribution in [0.25, 0.3) is 0 Å². The van der Waals surface area contributed by atoms with Crippen LogP contribution in [-0.4, -0.2) is 12.6 Å². The summed E-state index contributed by atoms with van der Waals surface area (Å²) in [6.45, 7) is 0. The molecule has 13 heavy (non-hydrogen) atoms. The third-order valence-corrected chi connectivity index (χ3v) is 1.88. The van der Waals surface area contributed by atoms with Gasteiger partial charge in [0.15, 0.2) is 0 Å². The van der Waals surface area contributed by atoms with Gasteiger partial charge in [0.05, 0.1) is 0 Å². The molecular formula is C11H11O2. The fraction of sp³-hybridized carbons (Fsp3) is 0.182. The first-order valence-electron chi connectivity index (χ1n) is 4.15. The van der Waals surface area contributed by atoms with Crippen LogP contribution in [0.15, 0.2) is 30.3 Å². The number of benzene rings is 1. The van der Waals surface area contributed by atoms with Gasteiger partial charge in [0.2, 0.25) is 0 Å². The number of carbonyl (C=O) groups excluding carboxylic acids is 2. The predicted octanol–water partition coefficient (Wildman–Crippen LogP) is 1.76. The molecule has 0 spiro atoms. The SMILES string of the molecule is O=C[CH]CC(C=O)c1ccccc1. The van der Waals surface area contributed by atoms with Gasteiger partial charge in [-0.3, -0.25) is 0 Å². The summed E-state index contributed by atoms with van der Waals surface area (Å²) in [7, 11) is 0. The topological polar surface area (TPSA) is 34.1 Å². The Kier molecular flexibility index (Phi) is 3.89. The van der Waals surface area contributed by atoms with E-state index in [4.69, 9.17) is 0 Å². The summed E-state index contributed by atoms with van der Waals surface area (Å²) in [5, 5.41) is 0. The van der Waals surface area contributed by atoms with E-state index in [-0.39, 0.29) is 5.92 Å². The summed E-state index contributed by atoms with van der Waals surface area (Å²) in [6.07, 6.45) is 3.54. The Morgan fingerprint density at radius 1 is 1.15 bits per heavy atom. The highest BCUT2D eigenvalue weighted by Gasteiger charge is 2.08. The highest BCUT2D eigenvalue weighted by Crippen LogP contribution is 2.17. The molecule has 1 aromatic rings. The van der Waals surface area contributed by atoms with Gasteiger partial charge in [0.25, 0.3) is 0 Å². The van der Waals surface area contributed by atoms with Crippen LogP contribution in [0.2, 0.25) is 0 Å². The summed E-state index contributed by atoms with van der Waals surface area (Å²) in [5.74, 6) is -0.189. The minimum absolute atomic E-state index is 0.189. The molecule has 0 saturated heterocycles. The van der Waals surface area contributed by atoms with Gasteiger partial charge in [0.1, 0.15) is 12.6 Å². The van der Waals surface area contributed by atoms with Gasteiger partial charge in [-0.25, -0.2) is 0 Å². The highest BCUT2D eigenvalue weighted by molar-refractivity contribution is 5.66. The molecule has 1 aromatic carbocycles. The first-order chi connectivity index (χ1) is 6.38. The van der Waals surface area contributed by atoms with Crippen LogP contribution in [0, 0.1) is 6.42 Å². The van der Waals surface area contributed by atoms with Gasteiger partial charge in [-0.1, -0.05) is 30.3 Å². The van der Waals surface area contributed by atoms with E-state index in [0.29, 0.717) is 6.42 Å². The summed E-state index contributed by atoms with van der Waals surface area (Å²) in [4.78, 5) is 20.8. The van der Waals surface area contributed by atoms with Crippen LogP contribution < -0.4 is 0 Å². The lowest BCUT2D eigenvalue weighted by atomic mass is 9.96. The minimum Gasteiger partial charge on any atom is -0.303 e. The second kappa shape index (κ2) is 5.25. The lowest BCUT2D eigenvalue weighted by Crippen LogP contribution is -2.00. The number of aldehydes is 2. The Morgan fingerprint density at radius 2 is 1.85 bits per heavy atom. The Labute approximate surface area is 77.6 Å². The normalized spacial score (nSPS) is 12.0. The number of rotatable bonds is 5. The van der Waals surface area contributed by atoms with Crippen molar-refractivity contribution in [2.75, 3.05) is 0 Å². The van der Waals surface area contributed by atoms with E-state index in [9.17, 15) is 9.59 Å². The summed E-state index contributed by atoms with van der Waals surface area (Å²) >= 11 is 0. The van der Waals surface area contributed by atoms with E-state index in [1.54, 1.807) is 0 Å². The van der Waals surface area contributed by atoms with Crippen molar-refractivity contribution in [3.05, 3.63) is 42.3 Å². The molecule has 0 fully saturated rings. The van der Waals surface area contributed by atoms with Crippen molar-refractivity contribution in [1.29, 1.82) is 0 Å². The molecule has 1 radical (unpaired) electrons. The van der Waals surface area contributed by atoms with Crippen LogP contribution in [0.3, 0.4) is 0 Å². The van der Waals surface area contributed by atoms with Gasteiger partial charge in [-0.2, -0.15) is 0 Å². The van der Waals surface area contributed by atoms with Crippen LogP contribution >= 0.6 is 0 Å². The van der Waals surface area contributed by atoms with Crippen molar-refractivity contribution in [2.24, 2.45) is 0 Å². The zero-order chi connectivity index (χ0) is 9.52. The van der Waals surface area contributed by atoms with Crippen molar-refractivity contribution in [2.45, 2.75) is 12.3 Å². The second-order valence-corrected chi connectivity index (χ2v) is 2.76.